The van der Waals surface area contributed by atoms with E-state index in [1.54, 1.807) is 24.3 Å². The van der Waals surface area contributed by atoms with Crippen LogP contribution in [0.5, 0.6) is 0 Å². The Labute approximate surface area is 133 Å². The average molecular weight is 330 g/mol. The monoisotopic (exact) mass is 330 g/mol. The lowest BCUT2D eigenvalue weighted by Gasteiger charge is -2.22. The Morgan fingerprint density at radius 3 is 2.52 bits per heavy atom. The van der Waals surface area contributed by atoms with Crippen LogP contribution in [0.25, 0.3) is 0 Å². The van der Waals surface area contributed by atoms with Gasteiger partial charge in [0.15, 0.2) is 0 Å². The van der Waals surface area contributed by atoms with Gasteiger partial charge in [-0.05, 0) is 30.5 Å². The molecule has 1 atom stereocenters. The number of alkyl halides is 3. The van der Waals surface area contributed by atoms with E-state index < -0.39 is 12.8 Å². The summed E-state index contributed by atoms with van der Waals surface area (Å²) in [5.41, 5.74) is 1.56. The van der Waals surface area contributed by atoms with Crippen molar-refractivity contribution in [1.29, 1.82) is 0 Å². The van der Waals surface area contributed by atoms with Gasteiger partial charge in [0.25, 0.3) is 0 Å². The summed E-state index contributed by atoms with van der Waals surface area (Å²) in [5, 5.41) is 6.05. The minimum Gasteiger partial charge on any atom is -0.367 e. The summed E-state index contributed by atoms with van der Waals surface area (Å²) in [6, 6.07) is 6.84. The van der Waals surface area contributed by atoms with Crippen LogP contribution in [0, 0.1) is 0 Å². The number of nitrogens with one attached hydrogen (secondary N) is 2. The highest BCUT2D eigenvalue weighted by Crippen LogP contribution is 2.16. The lowest BCUT2D eigenvalue weighted by molar-refractivity contribution is -0.176. The summed E-state index contributed by atoms with van der Waals surface area (Å²) in [5.74, 6) is -0.0118. The Hall–Kier alpha value is -1.60. The maximum atomic E-state index is 12.0. The molecule has 1 unspecified atom stereocenters. The van der Waals surface area contributed by atoms with Gasteiger partial charge in [0, 0.05) is 6.54 Å². The Morgan fingerprint density at radius 1 is 1.22 bits per heavy atom. The molecule has 1 saturated heterocycles. The van der Waals surface area contributed by atoms with Gasteiger partial charge in [0.05, 0.1) is 12.6 Å². The predicted octanol–water partition coefficient (Wildman–Crippen LogP) is 2.52. The summed E-state index contributed by atoms with van der Waals surface area (Å²) in [6.45, 7) is -0.0667. The van der Waals surface area contributed by atoms with Crippen LogP contribution in [0.2, 0.25) is 0 Å². The quantitative estimate of drug-likeness (QED) is 0.843. The van der Waals surface area contributed by atoms with Gasteiger partial charge in [-0.2, -0.15) is 13.2 Å². The van der Waals surface area contributed by atoms with E-state index in [4.69, 9.17) is 0 Å². The van der Waals surface area contributed by atoms with Gasteiger partial charge >= 0.3 is 6.18 Å². The molecule has 1 aromatic carbocycles. The maximum absolute atomic E-state index is 12.0. The molecule has 0 saturated carbocycles. The van der Waals surface area contributed by atoms with Gasteiger partial charge in [-0.25, -0.2) is 0 Å². The molecule has 0 radical (unpaired) electrons. The number of rotatable bonds is 6. The van der Waals surface area contributed by atoms with Crippen LogP contribution in [-0.2, 0) is 22.7 Å². The smallest absolute Gasteiger partial charge is 0.367 e. The van der Waals surface area contributed by atoms with Crippen molar-refractivity contribution in [1.82, 2.24) is 10.6 Å². The third-order valence-corrected chi connectivity index (χ3v) is 3.65. The zero-order chi connectivity index (χ0) is 16.7. The zero-order valence-corrected chi connectivity index (χ0v) is 12.8. The minimum absolute atomic E-state index is 0.0118. The predicted molar refractivity (Wildman–Crippen MR) is 79.6 cm³/mol. The van der Waals surface area contributed by atoms with Crippen molar-refractivity contribution in [3.8, 4) is 0 Å². The van der Waals surface area contributed by atoms with Crippen molar-refractivity contribution in [2.24, 2.45) is 0 Å². The largest absolute Gasteiger partial charge is 0.411 e. The number of carbonyl (C=O) groups excluding carboxylic acids is 1. The minimum atomic E-state index is -4.31. The van der Waals surface area contributed by atoms with E-state index in [1.807, 2.05) is 0 Å². The van der Waals surface area contributed by atoms with Gasteiger partial charge in [0.2, 0.25) is 5.91 Å². The molecule has 23 heavy (non-hydrogen) atoms. The van der Waals surface area contributed by atoms with Crippen molar-refractivity contribution in [3.63, 3.8) is 0 Å². The number of benzene rings is 1. The van der Waals surface area contributed by atoms with Crippen LogP contribution in [0.15, 0.2) is 24.3 Å². The van der Waals surface area contributed by atoms with Crippen molar-refractivity contribution in [2.45, 2.75) is 44.6 Å². The Morgan fingerprint density at radius 2 is 1.91 bits per heavy atom. The van der Waals surface area contributed by atoms with Gasteiger partial charge in [-0.3, -0.25) is 4.79 Å². The summed E-state index contributed by atoms with van der Waals surface area (Å²) >= 11 is 0. The second-order valence-corrected chi connectivity index (χ2v) is 5.64. The van der Waals surface area contributed by atoms with E-state index in [2.05, 4.69) is 15.4 Å². The van der Waals surface area contributed by atoms with Gasteiger partial charge in [-0.15, -0.1) is 0 Å². The first kappa shape index (κ1) is 17.7. The molecule has 0 aromatic heterocycles. The molecule has 0 bridgehead atoms. The van der Waals surface area contributed by atoms with Gasteiger partial charge in [0.1, 0.15) is 6.61 Å². The summed E-state index contributed by atoms with van der Waals surface area (Å²) in [4.78, 5) is 12.0. The van der Waals surface area contributed by atoms with E-state index >= 15 is 0 Å². The number of amides is 1. The number of hydrogen-bond donors (Lipinski definition) is 2. The number of carbonyl (C=O) groups is 1. The van der Waals surface area contributed by atoms with Crippen LogP contribution in [0.1, 0.15) is 30.4 Å². The molecule has 1 amide bonds. The number of halogens is 3. The molecule has 1 heterocycles. The van der Waals surface area contributed by atoms with Crippen LogP contribution in [0.4, 0.5) is 13.2 Å². The Bertz CT molecular complexity index is 497. The Kier molecular flexibility index (Phi) is 6.41. The highest BCUT2D eigenvalue weighted by Gasteiger charge is 2.27. The van der Waals surface area contributed by atoms with Crippen molar-refractivity contribution < 1.29 is 22.7 Å². The molecule has 2 rings (SSSR count). The van der Waals surface area contributed by atoms with Crippen molar-refractivity contribution in [3.05, 3.63) is 35.4 Å². The molecule has 128 valence electrons. The number of piperidine rings is 1. The molecule has 1 aliphatic rings. The van der Waals surface area contributed by atoms with E-state index in [0.29, 0.717) is 12.1 Å². The fourth-order valence-corrected chi connectivity index (χ4v) is 2.43. The van der Waals surface area contributed by atoms with Crippen LogP contribution in [0.3, 0.4) is 0 Å². The zero-order valence-electron chi connectivity index (χ0n) is 12.8. The molecule has 0 spiro atoms. The van der Waals surface area contributed by atoms with E-state index in [0.717, 1.165) is 31.4 Å². The first-order valence-corrected chi connectivity index (χ1v) is 7.67. The highest BCUT2D eigenvalue weighted by atomic mass is 19.4. The molecule has 1 aromatic rings. The lowest BCUT2D eigenvalue weighted by atomic mass is 10.0. The second-order valence-electron chi connectivity index (χ2n) is 5.64. The first-order chi connectivity index (χ1) is 10.9. The van der Waals surface area contributed by atoms with E-state index in [1.165, 1.54) is 0 Å². The lowest BCUT2D eigenvalue weighted by Crippen LogP contribution is -2.46. The third kappa shape index (κ3) is 6.58. The van der Waals surface area contributed by atoms with Crippen LogP contribution in [-0.4, -0.2) is 31.3 Å². The van der Waals surface area contributed by atoms with E-state index in [9.17, 15) is 18.0 Å². The fraction of sp³-hybridized carbons (Fsp3) is 0.562. The summed E-state index contributed by atoms with van der Waals surface area (Å²) < 4.78 is 40.5. The molecule has 2 N–H and O–H groups in total. The van der Waals surface area contributed by atoms with Crippen molar-refractivity contribution >= 4 is 5.91 Å². The molecule has 4 nitrogen and oxygen atoms in total. The van der Waals surface area contributed by atoms with Crippen LogP contribution >= 0.6 is 0 Å². The Balaban J connectivity index is 1.73. The SMILES string of the molecule is O=C(NCc1ccc(COCC(F)(F)F)cc1)C1CCCCN1. The van der Waals surface area contributed by atoms with E-state index in [-0.39, 0.29) is 18.6 Å². The second kappa shape index (κ2) is 8.31. The van der Waals surface area contributed by atoms with Crippen molar-refractivity contribution in [2.75, 3.05) is 13.2 Å². The molecular formula is C16H21F3N2O2. The standard InChI is InChI=1S/C16H21F3N2O2/c17-16(18,19)11-23-10-13-6-4-12(5-7-13)9-21-15(22)14-3-1-2-8-20-14/h4-7,14,20H,1-3,8-11H2,(H,21,22). The molecule has 1 fully saturated rings. The third-order valence-electron chi connectivity index (χ3n) is 3.65. The average Bonchev–Trinajstić information content (AvgIpc) is 2.53. The topological polar surface area (TPSA) is 50.4 Å². The van der Waals surface area contributed by atoms with Gasteiger partial charge < -0.3 is 15.4 Å². The number of hydrogen-bond acceptors (Lipinski definition) is 3. The van der Waals surface area contributed by atoms with Crippen LogP contribution < -0.4 is 10.6 Å². The summed E-state index contributed by atoms with van der Waals surface area (Å²) in [7, 11) is 0. The highest BCUT2D eigenvalue weighted by molar-refractivity contribution is 5.81. The van der Waals surface area contributed by atoms with Gasteiger partial charge in [-0.1, -0.05) is 30.7 Å². The normalized spacial score (nSPS) is 18.7. The molecule has 0 aliphatic carbocycles. The molecular weight excluding hydrogens is 309 g/mol. The maximum Gasteiger partial charge on any atom is 0.411 e. The fourth-order valence-electron chi connectivity index (χ4n) is 2.43. The first-order valence-electron chi connectivity index (χ1n) is 7.67. The molecule has 7 heteroatoms. The number of ether oxygens (including phenoxy) is 1. The molecule has 1 aliphatic heterocycles. The summed E-state index contributed by atoms with van der Waals surface area (Å²) in [6.07, 6.45) is -1.31.